The van der Waals surface area contributed by atoms with Crippen molar-refractivity contribution in [2.75, 3.05) is 0 Å². The van der Waals surface area contributed by atoms with Crippen LogP contribution in [0.3, 0.4) is 0 Å². The van der Waals surface area contributed by atoms with Gasteiger partial charge in [-0.1, -0.05) is 0 Å². The lowest BCUT2D eigenvalue weighted by atomic mass is 10.0. The van der Waals surface area contributed by atoms with Gasteiger partial charge in [-0.25, -0.2) is 0 Å². The van der Waals surface area contributed by atoms with E-state index >= 15 is 0 Å². The van der Waals surface area contributed by atoms with Gasteiger partial charge in [0.1, 0.15) is 0 Å². The van der Waals surface area contributed by atoms with Crippen molar-refractivity contribution in [1.82, 2.24) is 0 Å². The molecule has 0 saturated heterocycles. The molecule has 0 amide bonds. The maximum absolute atomic E-state index is 8.71. The number of nitrogens with zero attached hydrogens (tertiary/aromatic N) is 4. The molecule has 0 unspecified atom stereocenters. The molecule has 0 aromatic carbocycles. The van der Waals surface area contributed by atoms with Gasteiger partial charge in [0, 0.05) is 5.48 Å². The van der Waals surface area contributed by atoms with Crippen LogP contribution in [0.1, 0.15) is 45.9 Å². The predicted molar refractivity (Wildman–Crippen MR) is 53.5 cm³/mol. The molecule has 0 atom stereocenters. The third-order valence-electron chi connectivity index (χ3n) is 1.27. The van der Waals surface area contributed by atoms with Crippen molar-refractivity contribution in [1.29, 1.82) is 10.5 Å². The highest BCUT2D eigenvalue weighted by Gasteiger charge is 2.20. The summed E-state index contributed by atoms with van der Waals surface area (Å²) < 4.78 is 29.9. The van der Waals surface area contributed by atoms with Crippen LogP contribution in [0.2, 0.25) is 0 Å². The summed E-state index contributed by atoms with van der Waals surface area (Å²) in [5.74, 6) is 0. The van der Waals surface area contributed by atoms with Crippen molar-refractivity contribution in [2.45, 2.75) is 51.5 Å². The van der Waals surface area contributed by atoms with E-state index in [-0.39, 0.29) is 0 Å². The second-order valence-electron chi connectivity index (χ2n) is 3.79. The second kappa shape index (κ2) is 4.72. The average molecular weight is 196 g/mol. The minimum Gasteiger partial charge on any atom is -0.198 e. The lowest BCUT2D eigenvalue weighted by Gasteiger charge is -2.18. The Hall–Kier alpha value is -1.42. The van der Waals surface area contributed by atoms with E-state index in [0.717, 1.165) is 0 Å². The Morgan fingerprint density at radius 2 is 1.29 bits per heavy atom. The summed E-state index contributed by atoms with van der Waals surface area (Å²) in [4.78, 5) is 0. The molecule has 0 aromatic rings. The summed E-state index contributed by atoms with van der Waals surface area (Å²) in [6.45, 7) is 5.55. The van der Waals surface area contributed by atoms with E-state index < -0.39 is 23.8 Å². The molecule has 0 N–H and O–H groups in total. The smallest absolute Gasteiger partial charge is 0.0889 e. The molecule has 0 radical (unpaired) electrons. The summed E-state index contributed by atoms with van der Waals surface area (Å²) in [5.41, 5.74) is -2.85. The molecule has 0 bridgehead atoms. The van der Waals surface area contributed by atoms with Crippen molar-refractivity contribution < 1.29 is 5.48 Å². The molecule has 0 rings (SSSR count). The van der Waals surface area contributed by atoms with Gasteiger partial charge in [0.25, 0.3) is 0 Å². The fraction of sp³-hybridized carbons (Fsp3) is 0.800. The third-order valence-corrected chi connectivity index (χ3v) is 1.27. The predicted octanol–water partition coefficient (Wildman–Crippen LogP) is 2.82. The van der Waals surface area contributed by atoms with E-state index in [4.69, 9.17) is 16.0 Å². The molecule has 0 aliphatic carbocycles. The number of nitriles is 2. The summed E-state index contributed by atoms with van der Waals surface area (Å²) in [6.07, 6.45) is -4.46. The minimum absolute atomic E-state index is 1.39. The largest absolute Gasteiger partial charge is 0.198 e. The van der Waals surface area contributed by atoms with E-state index in [1.807, 2.05) is 0 Å². The van der Waals surface area contributed by atoms with Crippen molar-refractivity contribution in [3.05, 3.63) is 0 Å². The van der Waals surface area contributed by atoms with Gasteiger partial charge >= 0.3 is 0 Å². The summed E-state index contributed by atoms with van der Waals surface area (Å²) in [6, 6.07) is 2.98. The Balaban J connectivity index is 5.33. The fourth-order valence-electron chi connectivity index (χ4n) is 0.574. The van der Waals surface area contributed by atoms with Crippen LogP contribution in [0, 0.1) is 22.7 Å². The fourth-order valence-corrected chi connectivity index (χ4v) is 0.574. The number of hydrogen-bond donors (Lipinski definition) is 0. The van der Waals surface area contributed by atoms with Crippen LogP contribution in [-0.2, 0) is 0 Å². The van der Waals surface area contributed by atoms with Crippen LogP contribution in [0.15, 0.2) is 10.2 Å². The standard InChI is InChI=1S/C10H16N4/c1-9(2,5-7-11)13-14-10(3,4)6-8-12/h5-6H2,1-4H3/i5D2,6D2. The maximum atomic E-state index is 8.71. The van der Waals surface area contributed by atoms with E-state index in [1.54, 1.807) is 0 Å². The van der Waals surface area contributed by atoms with Gasteiger partial charge < -0.3 is 0 Å². The maximum Gasteiger partial charge on any atom is 0.0889 e. The molecule has 76 valence electrons. The summed E-state index contributed by atoms with van der Waals surface area (Å²) >= 11 is 0. The van der Waals surface area contributed by atoms with Crippen LogP contribution < -0.4 is 0 Å². The number of hydrogen-bond acceptors (Lipinski definition) is 4. The topological polar surface area (TPSA) is 72.3 Å². The van der Waals surface area contributed by atoms with E-state index in [1.165, 1.54) is 39.8 Å². The molecule has 14 heavy (non-hydrogen) atoms. The van der Waals surface area contributed by atoms with Gasteiger partial charge in [0.05, 0.1) is 36.0 Å². The Bertz CT molecular complexity index is 386. The van der Waals surface area contributed by atoms with Crippen LogP contribution in [-0.4, -0.2) is 11.1 Å². The van der Waals surface area contributed by atoms with Crippen molar-refractivity contribution in [2.24, 2.45) is 10.2 Å². The Labute approximate surface area is 90.9 Å². The van der Waals surface area contributed by atoms with E-state index in [2.05, 4.69) is 10.2 Å². The van der Waals surface area contributed by atoms with Gasteiger partial charge in [0.15, 0.2) is 0 Å². The van der Waals surface area contributed by atoms with E-state index in [9.17, 15) is 0 Å². The first-order valence-electron chi connectivity index (χ1n) is 6.09. The number of azo groups is 1. The summed E-state index contributed by atoms with van der Waals surface area (Å²) in [5, 5.41) is 24.9. The molecule has 4 nitrogen and oxygen atoms in total. The first kappa shape index (κ1) is 6.95. The molecule has 0 heterocycles. The number of rotatable bonds is 4. The highest BCUT2D eigenvalue weighted by molar-refractivity contribution is 4.91. The molecule has 0 fully saturated rings. The molecule has 0 aliphatic rings. The first-order chi connectivity index (χ1) is 7.83. The Morgan fingerprint density at radius 1 is 1.00 bits per heavy atom. The van der Waals surface area contributed by atoms with Crippen molar-refractivity contribution in [3.8, 4) is 12.1 Å². The summed E-state index contributed by atoms with van der Waals surface area (Å²) in [7, 11) is 0. The average Bonchev–Trinajstić information content (AvgIpc) is 2.26. The zero-order valence-electron chi connectivity index (χ0n) is 12.8. The van der Waals surface area contributed by atoms with Gasteiger partial charge in [-0.05, 0) is 27.7 Å². The first-order valence-corrected chi connectivity index (χ1v) is 4.09. The van der Waals surface area contributed by atoms with Crippen LogP contribution >= 0.6 is 0 Å². The highest BCUT2D eigenvalue weighted by atomic mass is 15.2. The van der Waals surface area contributed by atoms with E-state index in [0.29, 0.717) is 0 Å². The van der Waals surface area contributed by atoms with Gasteiger partial charge in [-0.2, -0.15) is 20.8 Å². The van der Waals surface area contributed by atoms with Crippen molar-refractivity contribution in [3.63, 3.8) is 0 Å². The van der Waals surface area contributed by atoms with Crippen LogP contribution in [0.5, 0.6) is 0 Å². The quantitative estimate of drug-likeness (QED) is 0.648. The molecular weight excluding hydrogens is 176 g/mol. The molecule has 0 saturated carbocycles. The van der Waals surface area contributed by atoms with Gasteiger partial charge in [-0.3, -0.25) is 0 Å². The van der Waals surface area contributed by atoms with Crippen LogP contribution in [0.25, 0.3) is 0 Å². The monoisotopic (exact) mass is 196 g/mol. The third kappa shape index (κ3) is 5.27. The highest BCUT2D eigenvalue weighted by Crippen LogP contribution is 2.20. The van der Waals surface area contributed by atoms with Crippen LogP contribution in [0.4, 0.5) is 0 Å². The zero-order valence-corrected chi connectivity index (χ0v) is 8.79. The molecule has 0 spiro atoms. The lowest BCUT2D eigenvalue weighted by molar-refractivity contribution is 0.429. The second-order valence-corrected chi connectivity index (χ2v) is 3.79. The Kier molecular flexibility index (Phi) is 2.34. The normalized spacial score (nSPS) is 18.7. The molecule has 4 heteroatoms. The lowest BCUT2D eigenvalue weighted by Crippen LogP contribution is -2.20. The minimum atomic E-state index is -2.23. The molecule has 0 aliphatic heterocycles. The molecular formula is C10H16N4. The molecule has 0 aromatic heterocycles. The van der Waals surface area contributed by atoms with Gasteiger partial charge in [0.2, 0.25) is 0 Å². The zero-order chi connectivity index (χ0) is 14.8. The SMILES string of the molecule is [2H]C([2H])(C#N)C(C)(C)N=NC(C)(C)C([2H])([2H])C#N. The Morgan fingerprint density at radius 3 is 1.50 bits per heavy atom. The van der Waals surface area contributed by atoms with Gasteiger partial charge in [-0.15, -0.1) is 0 Å². The van der Waals surface area contributed by atoms with Crippen molar-refractivity contribution >= 4 is 0 Å².